The van der Waals surface area contributed by atoms with Crippen LogP contribution in [-0.4, -0.2) is 122 Å². The minimum atomic E-state index is -0.427. The van der Waals surface area contributed by atoms with Gasteiger partial charge in [-0.05, 0) is 97.5 Å². The van der Waals surface area contributed by atoms with Gasteiger partial charge >= 0.3 is 0 Å². The molecule has 4 amide bonds. The molecule has 4 aliphatic rings. The molecule has 0 saturated carbocycles. The van der Waals surface area contributed by atoms with Crippen LogP contribution in [0.2, 0.25) is 0 Å². The number of amides is 4. The quantitative estimate of drug-likeness (QED) is 0.213. The molecule has 2 N–H and O–H groups in total. The Morgan fingerprint density at radius 3 is 2.49 bits per heavy atom. The van der Waals surface area contributed by atoms with Gasteiger partial charge in [-0.15, -0.1) is 0 Å². The predicted octanol–water partition coefficient (Wildman–Crippen LogP) is 5.02. The molecule has 2 aromatic carbocycles. The molecule has 15 nitrogen and oxygen atoms in total. The number of hydrogen-bond donors (Lipinski definition) is 2. The number of rotatable bonds is 7. The number of imidazole rings is 1. The van der Waals surface area contributed by atoms with E-state index in [2.05, 4.69) is 63.2 Å². The fourth-order valence-electron chi connectivity index (χ4n) is 9.29. The second kappa shape index (κ2) is 15.5. The van der Waals surface area contributed by atoms with E-state index in [0.29, 0.717) is 84.1 Å². The van der Waals surface area contributed by atoms with Gasteiger partial charge in [0, 0.05) is 88.3 Å². The minimum absolute atomic E-state index is 0.00151. The maximum absolute atomic E-state index is 14.3. The van der Waals surface area contributed by atoms with Crippen molar-refractivity contribution in [3.05, 3.63) is 82.2 Å². The molecule has 9 rings (SSSR count). The van der Waals surface area contributed by atoms with Gasteiger partial charge < -0.3 is 24.4 Å². The summed E-state index contributed by atoms with van der Waals surface area (Å²) in [5, 5.41) is 6.88. The lowest BCUT2D eigenvalue weighted by atomic mass is 9.79. The molecule has 16 heteroatoms. The number of imide groups is 1. The van der Waals surface area contributed by atoms with Gasteiger partial charge in [0.15, 0.2) is 11.4 Å². The maximum atomic E-state index is 14.3. The summed E-state index contributed by atoms with van der Waals surface area (Å²) >= 11 is 3.58. The molecule has 5 aromatic rings. The van der Waals surface area contributed by atoms with Crippen molar-refractivity contribution in [2.45, 2.75) is 51.0 Å². The molecule has 2 unspecified atom stereocenters. The summed E-state index contributed by atoms with van der Waals surface area (Å²) in [5.74, 6) is 0.936. The monoisotopic (exact) mass is 862 g/mol. The lowest BCUT2D eigenvalue weighted by molar-refractivity contribution is -0.141. The summed E-state index contributed by atoms with van der Waals surface area (Å²) in [5.41, 5.74) is 5.41. The van der Waals surface area contributed by atoms with Crippen LogP contribution in [-0.2, 0) is 21.4 Å². The average Bonchev–Trinajstić information content (AvgIpc) is 3.95. The van der Waals surface area contributed by atoms with Crippen LogP contribution < -0.4 is 15.0 Å². The number of halogens is 1. The number of aryl methyl sites for hydroxylation is 2. The van der Waals surface area contributed by atoms with Gasteiger partial charge in [0.2, 0.25) is 17.7 Å². The van der Waals surface area contributed by atoms with Gasteiger partial charge in [-0.1, -0.05) is 12.1 Å². The number of fused-ring (bicyclic) bond motifs is 1. The molecule has 0 radical (unpaired) electrons. The second-order valence-electron chi connectivity index (χ2n) is 16.5. The Labute approximate surface area is 350 Å². The SMILES string of the molecule is Cc1nn(C)cc1-c1nc2ncc(Br)c(Oc3ccc(C(=O)N4CCN(C)C(C(=O)N5CCCC6(CCN(c7ccc([C@@H]8CCC(=O)NC8=O)cc7)C6)C5)C4)cc3)c2[nH]1. The number of benzene rings is 2. The third kappa shape index (κ3) is 7.59. The number of nitrogens with zero attached hydrogens (tertiary/aromatic N) is 8. The Balaban J connectivity index is 0.831. The number of piperazine rings is 1. The van der Waals surface area contributed by atoms with E-state index in [1.54, 1.807) is 40.0 Å². The first-order valence-electron chi connectivity index (χ1n) is 20.2. The van der Waals surface area contributed by atoms with Crippen LogP contribution in [0.15, 0.2) is 65.4 Å². The summed E-state index contributed by atoms with van der Waals surface area (Å²) < 4.78 is 8.73. The van der Waals surface area contributed by atoms with Crippen molar-refractivity contribution in [3.8, 4) is 22.9 Å². The minimum Gasteiger partial charge on any atom is -0.454 e. The van der Waals surface area contributed by atoms with Crippen LogP contribution in [0.25, 0.3) is 22.6 Å². The zero-order valence-electron chi connectivity index (χ0n) is 33.4. The van der Waals surface area contributed by atoms with Crippen molar-refractivity contribution in [2.24, 2.45) is 12.5 Å². The highest BCUT2D eigenvalue weighted by molar-refractivity contribution is 9.10. The molecular formula is C43H47BrN10O5. The van der Waals surface area contributed by atoms with Crippen LogP contribution in [0, 0.1) is 12.3 Å². The van der Waals surface area contributed by atoms with E-state index in [9.17, 15) is 19.2 Å². The van der Waals surface area contributed by atoms with Gasteiger partial charge in [-0.2, -0.15) is 5.10 Å². The van der Waals surface area contributed by atoms with Crippen LogP contribution in [0.3, 0.4) is 0 Å². The average molecular weight is 864 g/mol. The number of likely N-dealkylation sites (N-methyl/N-ethyl adjacent to an activating group) is 1. The molecule has 4 saturated heterocycles. The molecule has 59 heavy (non-hydrogen) atoms. The number of pyridine rings is 1. The van der Waals surface area contributed by atoms with Gasteiger partial charge in [-0.3, -0.25) is 34.1 Å². The number of ether oxygens (including phenoxy) is 1. The van der Waals surface area contributed by atoms with Gasteiger partial charge in [0.25, 0.3) is 5.91 Å². The number of carbonyl (C=O) groups excluding carboxylic acids is 4. The number of carbonyl (C=O) groups is 4. The summed E-state index contributed by atoms with van der Waals surface area (Å²) in [6.07, 6.45) is 7.44. The maximum Gasteiger partial charge on any atom is 0.253 e. The number of nitrogens with one attached hydrogen (secondary N) is 2. The first-order valence-corrected chi connectivity index (χ1v) is 21.0. The van der Waals surface area contributed by atoms with Gasteiger partial charge in [-0.25, -0.2) is 9.97 Å². The van der Waals surface area contributed by atoms with Gasteiger partial charge in [0.1, 0.15) is 23.1 Å². The van der Waals surface area contributed by atoms with Crippen LogP contribution in [0.4, 0.5) is 5.69 Å². The highest BCUT2D eigenvalue weighted by Gasteiger charge is 2.45. The van der Waals surface area contributed by atoms with E-state index in [4.69, 9.17) is 4.74 Å². The molecule has 4 aliphatic heterocycles. The molecule has 0 aliphatic carbocycles. The number of H-pyrrole nitrogens is 1. The first kappa shape index (κ1) is 38.9. The number of aromatic nitrogens is 5. The molecule has 4 fully saturated rings. The molecule has 306 valence electrons. The zero-order valence-corrected chi connectivity index (χ0v) is 35.0. The summed E-state index contributed by atoms with van der Waals surface area (Å²) in [4.78, 5) is 73.0. The fourth-order valence-corrected chi connectivity index (χ4v) is 9.67. The van der Waals surface area contributed by atoms with Crippen LogP contribution in [0.5, 0.6) is 11.5 Å². The Hall–Kier alpha value is -5.61. The summed E-state index contributed by atoms with van der Waals surface area (Å²) in [6.45, 7) is 6.54. The van der Waals surface area contributed by atoms with E-state index < -0.39 is 6.04 Å². The zero-order chi connectivity index (χ0) is 41.0. The molecule has 3 atom stereocenters. The first-order chi connectivity index (χ1) is 28.4. The summed E-state index contributed by atoms with van der Waals surface area (Å²) in [6, 6.07) is 14.8. The molecule has 0 bridgehead atoms. The van der Waals surface area contributed by atoms with Crippen molar-refractivity contribution in [3.63, 3.8) is 0 Å². The molecule has 7 heterocycles. The fraction of sp³-hybridized carbons (Fsp3) is 0.419. The van der Waals surface area contributed by atoms with E-state index in [-0.39, 0.29) is 35.0 Å². The molecule has 1 spiro atoms. The van der Waals surface area contributed by atoms with Crippen molar-refractivity contribution < 1.29 is 23.9 Å². The Morgan fingerprint density at radius 2 is 1.75 bits per heavy atom. The smallest absolute Gasteiger partial charge is 0.253 e. The van der Waals surface area contributed by atoms with E-state index >= 15 is 0 Å². The van der Waals surface area contributed by atoms with Crippen molar-refractivity contribution in [1.82, 2.24) is 44.7 Å². The second-order valence-corrected chi connectivity index (χ2v) is 17.4. The van der Waals surface area contributed by atoms with Crippen molar-refractivity contribution >= 4 is 56.4 Å². The van der Waals surface area contributed by atoms with E-state index in [0.717, 1.165) is 54.9 Å². The largest absolute Gasteiger partial charge is 0.454 e. The van der Waals surface area contributed by atoms with Crippen molar-refractivity contribution in [2.75, 3.05) is 57.8 Å². The van der Waals surface area contributed by atoms with E-state index in [1.807, 2.05) is 44.2 Å². The third-order valence-electron chi connectivity index (χ3n) is 12.6. The van der Waals surface area contributed by atoms with E-state index in [1.165, 1.54) is 0 Å². The van der Waals surface area contributed by atoms with Crippen LogP contribution >= 0.6 is 15.9 Å². The number of likely N-dealkylation sites (tertiary alicyclic amines) is 1. The Bertz CT molecular complexity index is 2450. The topological polar surface area (TPSA) is 162 Å². The highest BCUT2D eigenvalue weighted by atomic mass is 79.9. The van der Waals surface area contributed by atoms with Crippen LogP contribution in [0.1, 0.15) is 59.6 Å². The van der Waals surface area contributed by atoms with Crippen molar-refractivity contribution in [1.29, 1.82) is 0 Å². The number of hydrogen-bond acceptors (Lipinski definition) is 10. The highest BCUT2D eigenvalue weighted by Crippen LogP contribution is 2.42. The number of aromatic amines is 1. The lowest BCUT2D eigenvalue weighted by Gasteiger charge is -2.45. The normalized spacial score (nSPS) is 22.7. The third-order valence-corrected chi connectivity index (χ3v) is 13.1. The molecule has 3 aromatic heterocycles. The van der Waals surface area contributed by atoms with Gasteiger partial charge in [0.05, 0.1) is 21.6 Å². The Kier molecular flexibility index (Phi) is 10.2. The number of anilines is 1. The lowest BCUT2D eigenvalue weighted by Crippen LogP contribution is -2.61. The number of piperidine rings is 2. The summed E-state index contributed by atoms with van der Waals surface area (Å²) in [7, 11) is 3.84. The standard InChI is InChI=1S/C43H47BrN10O5/c1-26-32(22-51(3)49-26)38-47-36-37(33(44)21-45-39(36)48-38)59-30-11-7-28(8-12-30)41(57)52-20-19-50(2)34(23-52)42(58)54-17-4-15-43(25-54)16-18-53(24-43)29-9-5-27(6-10-29)31-13-14-35(55)46-40(31)56/h5-12,21-22,31,34H,4,13-20,23-25H2,1-3H3,(H,45,47,48)(H,46,55,56)/t31-,34?,43?/m0/s1. The molecular weight excluding hydrogens is 816 g/mol. The Morgan fingerprint density at radius 1 is 0.949 bits per heavy atom. The predicted molar refractivity (Wildman–Crippen MR) is 224 cm³/mol.